The number of carbonyl (C=O) groups is 2. The van der Waals surface area contributed by atoms with E-state index in [0.717, 1.165) is 19.6 Å². The zero-order valence-corrected chi connectivity index (χ0v) is 13.3. The van der Waals surface area contributed by atoms with Crippen LogP contribution in [0.1, 0.15) is 47.5 Å². The molecule has 0 aliphatic heterocycles. The van der Waals surface area contributed by atoms with Gasteiger partial charge in [0.2, 0.25) is 0 Å². The topological polar surface area (TPSA) is 81.7 Å². The highest BCUT2D eigenvalue weighted by Gasteiger charge is 2.34. The summed E-state index contributed by atoms with van der Waals surface area (Å²) in [4.78, 5) is 25.4. The lowest BCUT2D eigenvalue weighted by molar-refractivity contribution is -0.144. The lowest BCUT2D eigenvalue weighted by Crippen LogP contribution is -2.57. The van der Waals surface area contributed by atoms with Crippen molar-refractivity contribution in [1.82, 2.24) is 15.5 Å². The standard InChI is InChI=1S/C14H29N3O3/c1-6-9-14(5,12(18)19)16-13(20)15-11(4)10-17(7-2)8-3/h11H,6-10H2,1-5H3,(H,18,19)(H2,15,16,20). The quantitative estimate of drug-likeness (QED) is 0.602. The molecule has 2 amide bonds. The van der Waals surface area contributed by atoms with Crippen molar-refractivity contribution < 1.29 is 14.7 Å². The molecule has 0 rings (SSSR count). The molecule has 2 unspecified atom stereocenters. The van der Waals surface area contributed by atoms with E-state index >= 15 is 0 Å². The van der Waals surface area contributed by atoms with Crippen molar-refractivity contribution in [2.24, 2.45) is 0 Å². The van der Waals surface area contributed by atoms with Crippen LogP contribution in [0.4, 0.5) is 4.79 Å². The molecule has 0 saturated heterocycles. The molecule has 2 atom stereocenters. The minimum Gasteiger partial charge on any atom is -0.480 e. The minimum absolute atomic E-state index is 0.0328. The first-order valence-electron chi connectivity index (χ1n) is 7.33. The monoisotopic (exact) mass is 287 g/mol. The van der Waals surface area contributed by atoms with E-state index in [1.165, 1.54) is 6.92 Å². The summed E-state index contributed by atoms with van der Waals surface area (Å²) in [6.07, 6.45) is 1.10. The Kier molecular flexibility index (Phi) is 8.22. The molecule has 118 valence electrons. The molecule has 0 radical (unpaired) electrons. The third kappa shape index (κ3) is 6.23. The van der Waals surface area contributed by atoms with Crippen LogP contribution in [0.2, 0.25) is 0 Å². The Hall–Kier alpha value is -1.30. The predicted octanol–water partition coefficient (Wildman–Crippen LogP) is 1.66. The zero-order chi connectivity index (χ0) is 15.8. The zero-order valence-electron chi connectivity index (χ0n) is 13.3. The second-order valence-electron chi connectivity index (χ2n) is 5.37. The molecule has 6 heteroatoms. The molecule has 0 aromatic rings. The van der Waals surface area contributed by atoms with Crippen LogP contribution in [0.3, 0.4) is 0 Å². The Morgan fingerprint density at radius 1 is 1.25 bits per heavy atom. The van der Waals surface area contributed by atoms with Crippen LogP contribution in [0.5, 0.6) is 0 Å². The molecule has 0 saturated carbocycles. The number of rotatable bonds is 9. The number of likely N-dealkylation sites (N-methyl/N-ethyl adjacent to an activating group) is 1. The van der Waals surface area contributed by atoms with Gasteiger partial charge in [-0.15, -0.1) is 0 Å². The van der Waals surface area contributed by atoms with Crippen molar-refractivity contribution in [3.05, 3.63) is 0 Å². The van der Waals surface area contributed by atoms with Gasteiger partial charge in [0.1, 0.15) is 5.54 Å². The molecule has 0 bridgehead atoms. The number of carboxylic acids is 1. The van der Waals surface area contributed by atoms with Gasteiger partial charge < -0.3 is 20.6 Å². The van der Waals surface area contributed by atoms with Crippen molar-refractivity contribution in [3.8, 4) is 0 Å². The van der Waals surface area contributed by atoms with Crippen LogP contribution in [0.25, 0.3) is 0 Å². The van der Waals surface area contributed by atoms with Crippen LogP contribution in [-0.4, -0.2) is 53.2 Å². The Morgan fingerprint density at radius 2 is 1.80 bits per heavy atom. The average molecular weight is 287 g/mol. The van der Waals surface area contributed by atoms with E-state index < -0.39 is 17.5 Å². The summed E-state index contributed by atoms with van der Waals surface area (Å²) in [5, 5.41) is 14.6. The number of amides is 2. The van der Waals surface area contributed by atoms with E-state index in [0.29, 0.717) is 12.8 Å². The highest BCUT2D eigenvalue weighted by molar-refractivity contribution is 5.85. The Labute approximate surface area is 121 Å². The number of hydrogen-bond donors (Lipinski definition) is 3. The molecule has 0 heterocycles. The highest BCUT2D eigenvalue weighted by atomic mass is 16.4. The van der Waals surface area contributed by atoms with Crippen LogP contribution in [0.15, 0.2) is 0 Å². The van der Waals surface area contributed by atoms with Gasteiger partial charge in [-0.25, -0.2) is 9.59 Å². The van der Waals surface area contributed by atoms with Gasteiger partial charge in [0.15, 0.2) is 0 Å². The van der Waals surface area contributed by atoms with Gasteiger partial charge in [-0.1, -0.05) is 27.2 Å². The predicted molar refractivity (Wildman–Crippen MR) is 79.9 cm³/mol. The lowest BCUT2D eigenvalue weighted by atomic mass is 9.97. The van der Waals surface area contributed by atoms with Gasteiger partial charge in [-0.05, 0) is 33.4 Å². The van der Waals surface area contributed by atoms with Crippen molar-refractivity contribution in [2.45, 2.75) is 59.0 Å². The molecule has 20 heavy (non-hydrogen) atoms. The maximum Gasteiger partial charge on any atom is 0.329 e. The molecule has 0 aromatic heterocycles. The number of carbonyl (C=O) groups excluding carboxylic acids is 1. The number of nitrogens with one attached hydrogen (secondary N) is 2. The Bertz CT molecular complexity index is 319. The molecule has 0 aliphatic rings. The maximum atomic E-state index is 11.9. The summed E-state index contributed by atoms with van der Waals surface area (Å²) >= 11 is 0. The van der Waals surface area contributed by atoms with Crippen LogP contribution in [0, 0.1) is 0 Å². The van der Waals surface area contributed by atoms with Gasteiger partial charge in [0.05, 0.1) is 0 Å². The first kappa shape index (κ1) is 18.7. The fraction of sp³-hybridized carbons (Fsp3) is 0.857. The first-order valence-corrected chi connectivity index (χ1v) is 7.33. The summed E-state index contributed by atoms with van der Waals surface area (Å²) in [7, 11) is 0. The van der Waals surface area contributed by atoms with Crippen molar-refractivity contribution in [2.75, 3.05) is 19.6 Å². The average Bonchev–Trinajstić information content (AvgIpc) is 2.35. The summed E-state index contributed by atoms with van der Waals surface area (Å²) in [6.45, 7) is 12.1. The van der Waals surface area contributed by atoms with Crippen LogP contribution < -0.4 is 10.6 Å². The number of hydrogen-bond acceptors (Lipinski definition) is 3. The van der Waals surface area contributed by atoms with Crippen molar-refractivity contribution in [3.63, 3.8) is 0 Å². The van der Waals surface area contributed by atoms with E-state index in [4.69, 9.17) is 0 Å². The Balaban J connectivity index is 4.42. The molecular formula is C14H29N3O3. The van der Waals surface area contributed by atoms with E-state index in [-0.39, 0.29) is 6.04 Å². The van der Waals surface area contributed by atoms with E-state index in [1.54, 1.807) is 0 Å². The Morgan fingerprint density at radius 3 is 2.20 bits per heavy atom. The highest BCUT2D eigenvalue weighted by Crippen LogP contribution is 2.12. The molecule has 0 aliphatic carbocycles. The summed E-state index contributed by atoms with van der Waals surface area (Å²) in [5.74, 6) is -1.01. The molecule has 6 nitrogen and oxygen atoms in total. The summed E-state index contributed by atoms with van der Waals surface area (Å²) in [6, 6.07) is -0.461. The van der Waals surface area contributed by atoms with Crippen LogP contribution in [-0.2, 0) is 4.79 Å². The second kappa shape index (κ2) is 8.79. The fourth-order valence-electron chi connectivity index (χ4n) is 2.15. The second-order valence-corrected chi connectivity index (χ2v) is 5.37. The number of carboxylic acid groups (broad SMARTS) is 1. The molecule has 3 N–H and O–H groups in total. The van der Waals surface area contributed by atoms with Gasteiger partial charge in [0.25, 0.3) is 0 Å². The molecule has 0 fully saturated rings. The van der Waals surface area contributed by atoms with Gasteiger partial charge in [0, 0.05) is 12.6 Å². The van der Waals surface area contributed by atoms with Gasteiger partial charge >= 0.3 is 12.0 Å². The fourth-order valence-corrected chi connectivity index (χ4v) is 2.15. The van der Waals surface area contributed by atoms with E-state index in [9.17, 15) is 14.7 Å². The molecule has 0 aromatic carbocycles. The third-order valence-electron chi connectivity index (χ3n) is 3.42. The maximum absolute atomic E-state index is 11.9. The number of nitrogens with zero attached hydrogens (tertiary/aromatic N) is 1. The minimum atomic E-state index is -1.21. The van der Waals surface area contributed by atoms with Gasteiger partial charge in [-0.2, -0.15) is 0 Å². The smallest absolute Gasteiger partial charge is 0.329 e. The van der Waals surface area contributed by atoms with Crippen LogP contribution >= 0.6 is 0 Å². The first-order chi connectivity index (χ1) is 9.28. The number of urea groups is 1. The summed E-state index contributed by atoms with van der Waals surface area (Å²) < 4.78 is 0. The van der Waals surface area contributed by atoms with E-state index in [1.807, 2.05) is 13.8 Å². The molecular weight excluding hydrogens is 258 g/mol. The van der Waals surface area contributed by atoms with Crippen molar-refractivity contribution in [1.29, 1.82) is 0 Å². The van der Waals surface area contributed by atoms with Crippen molar-refractivity contribution >= 4 is 12.0 Å². The SMILES string of the molecule is CCCC(C)(NC(=O)NC(C)CN(CC)CC)C(=O)O. The van der Waals surface area contributed by atoms with E-state index in [2.05, 4.69) is 29.4 Å². The lowest BCUT2D eigenvalue weighted by Gasteiger charge is -2.28. The normalized spacial score (nSPS) is 15.5. The third-order valence-corrected chi connectivity index (χ3v) is 3.42. The molecule has 0 spiro atoms. The summed E-state index contributed by atoms with van der Waals surface area (Å²) in [5.41, 5.74) is -1.21. The number of aliphatic carboxylic acids is 1. The van der Waals surface area contributed by atoms with Gasteiger partial charge in [-0.3, -0.25) is 0 Å². The largest absolute Gasteiger partial charge is 0.480 e.